The molecule has 0 saturated carbocycles. The fourth-order valence-electron chi connectivity index (χ4n) is 2.59. The highest BCUT2D eigenvalue weighted by Gasteiger charge is 2.06. The smallest absolute Gasteiger partial charge is 0.292 e. The Balaban J connectivity index is 1.90. The fourth-order valence-corrected chi connectivity index (χ4v) is 2.59. The maximum atomic E-state index is 5.58. The Morgan fingerprint density at radius 1 is 1.05 bits per heavy atom. The van der Waals surface area contributed by atoms with E-state index in [9.17, 15) is 0 Å². The fraction of sp³-hybridized carbons (Fsp3) is 0.0625. The van der Waals surface area contributed by atoms with E-state index in [1.807, 2.05) is 25.2 Å². The summed E-state index contributed by atoms with van der Waals surface area (Å²) in [5, 5.41) is 1.23. The largest absolute Gasteiger partial charge is 0.424 e. The van der Waals surface area contributed by atoms with Crippen LogP contribution in [0.4, 0.5) is 6.01 Å². The molecule has 0 radical (unpaired) electrons. The maximum absolute atomic E-state index is 5.58. The van der Waals surface area contributed by atoms with Crippen molar-refractivity contribution in [2.45, 2.75) is 0 Å². The Morgan fingerprint density at radius 2 is 1.85 bits per heavy atom. The zero-order valence-electron chi connectivity index (χ0n) is 11.0. The molecular formula is C16H13N3O. The van der Waals surface area contributed by atoms with Crippen LogP contribution in [0.15, 0.2) is 53.1 Å². The van der Waals surface area contributed by atoms with E-state index in [-0.39, 0.29) is 6.01 Å². The highest BCUT2D eigenvalue weighted by Crippen LogP contribution is 2.28. The summed E-state index contributed by atoms with van der Waals surface area (Å²) in [6.45, 7) is 0. The zero-order chi connectivity index (χ0) is 13.7. The standard InChI is InChI=1S/C16H13N3O/c1-19-7-6-12-8-10(2-4-14(12)19)11-3-5-15-13(9-11)18-16(17)20-15/h2-9H,1H3,(H2,17,18). The summed E-state index contributed by atoms with van der Waals surface area (Å²) in [7, 11) is 2.05. The van der Waals surface area contributed by atoms with Crippen molar-refractivity contribution in [2.75, 3.05) is 5.73 Å². The summed E-state index contributed by atoms with van der Waals surface area (Å²) < 4.78 is 7.41. The Bertz CT molecular complexity index is 924. The van der Waals surface area contributed by atoms with E-state index in [2.05, 4.69) is 40.0 Å². The maximum Gasteiger partial charge on any atom is 0.292 e. The molecule has 0 aliphatic rings. The average Bonchev–Trinajstić information content (AvgIpc) is 3.00. The number of nitrogen functional groups attached to an aromatic ring is 1. The number of rotatable bonds is 1. The first kappa shape index (κ1) is 11.1. The first-order valence-corrected chi connectivity index (χ1v) is 6.42. The minimum Gasteiger partial charge on any atom is -0.424 e. The van der Waals surface area contributed by atoms with Crippen LogP contribution >= 0.6 is 0 Å². The Hall–Kier alpha value is -2.75. The van der Waals surface area contributed by atoms with E-state index in [0.717, 1.165) is 16.6 Å². The van der Waals surface area contributed by atoms with Crippen LogP contribution in [0.5, 0.6) is 0 Å². The van der Waals surface area contributed by atoms with E-state index in [1.54, 1.807) is 0 Å². The molecule has 2 aromatic heterocycles. The summed E-state index contributed by atoms with van der Waals surface area (Å²) >= 11 is 0. The molecule has 2 aromatic carbocycles. The first-order chi connectivity index (χ1) is 9.70. The van der Waals surface area contributed by atoms with Crippen LogP contribution in [0.3, 0.4) is 0 Å². The molecule has 4 nitrogen and oxygen atoms in total. The van der Waals surface area contributed by atoms with Crippen molar-refractivity contribution in [3.63, 3.8) is 0 Å². The second-order valence-electron chi connectivity index (χ2n) is 4.93. The molecule has 0 aliphatic heterocycles. The van der Waals surface area contributed by atoms with Gasteiger partial charge < -0.3 is 14.7 Å². The molecule has 0 spiro atoms. The number of benzene rings is 2. The third-order valence-electron chi connectivity index (χ3n) is 3.62. The lowest BCUT2D eigenvalue weighted by atomic mass is 10.0. The summed E-state index contributed by atoms with van der Waals surface area (Å²) in [4.78, 5) is 4.17. The Labute approximate surface area is 115 Å². The number of anilines is 1. The van der Waals surface area contributed by atoms with Gasteiger partial charge in [0.2, 0.25) is 0 Å². The highest BCUT2D eigenvalue weighted by atomic mass is 16.4. The van der Waals surface area contributed by atoms with Gasteiger partial charge >= 0.3 is 0 Å². The topological polar surface area (TPSA) is 57.0 Å². The Kier molecular flexibility index (Phi) is 2.15. The number of hydrogen-bond acceptors (Lipinski definition) is 3. The van der Waals surface area contributed by atoms with Gasteiger partial charge in [-0.25, -0.2) is 0 Å². The van der Waals surface area contributed by atoms with E-state index in [4.69, 9.17) is 10.2 Å². The average molecular weight is 263 g/mol. The lowest BCUT2D eigenvalue weighted by Crippen LogP contribution is -1.84. The van der Waals surface area contributed by atoms with Gasteiger partial charge in [0.1, 0.15) is 5.52 Å². The van der Waals surface area contributed by atoms with Crippen LogP contribution in [0.2, 0.25) is 0 Å². The molecule has 0 atom stereocenters. The van der Waals surface area contributed by atoms with Gasteiger partial charge in [-0.2, -0.15) is 4.98 Å². The number of hydrogen-bond donors (Lipinski definition) is 1. The molecule has 0 bridgehead atoms. The van der Waals surface area contributed by atoms with Crippen molar-refractivity contribution in [1.29, 1.82) is 0 Å². The summed E-state index contributed by atoms with van der Waals surface area (Å²) in [6, 6.07) is 14.7. The third-order valence-corrected chi connectivity index (χ3v) is 3.62. The van der Waals surface area contributed by atoms with Crippen LogP contribution in [0.25, 0.3) is 33.1 Å². The summed E-state index contributed by atoms with van der Waals surface area (Å²) in [6.07, 6.45) is 2.07. The molecule has 98 valence electrons. The lowest BCUT2D eigenvalue weighted by Gasteiger charge is -2.03. The predicted molar refractivity (Wildman–Crippen MR) is 80.3 cm³/mol. The van der Waals surface area contributed by atoms with Gasteiger partial charge in [-0.05, 0) is 41.5 Å². The molecule has 4 rings (SSSR count). The van der Waals surface area contributed by atoms with Crippen molar-refractivity contribution in [3.05, 3.63) is 48.7 Å². The minimum absolute atomic E-state index is 0.204. The summed E-state index contributed by atoms with van der Waals surface area (Å²) in [5.74, 6) is 0. The molecule has 0 aliphatic carbocycles. The first-order valence-electron chi connectivity index (χ1n) is 6.42. The van der Waals surface area contributed by atoms with Gasteiger partial charge in [0.15, 0.2) is 5.58 Å². The van der Waals surface area contributed by atoms with Gasteiger partial charge in [0.25, 0.3) is 6.01 Å². The minimum atomic E-state index is 0.204. The third kappa shape index (κ3) is 1.58. The molecule has 4 aromatic rings. The second-order valence-corrected chi connectivity index (χ2v) is 4.93. The molecule has 4 heteroatoms. The van der Waals surface area contributed by atoms with Crippen LogP contribution < -0.4 is 5.73 Å². The number of aryl methyl sites for hydroxylation is 1. The number of fused-ring (bicyclic) bond motifs is 2. The number of oxazole rings is 1. The number of aromatic nitrogens is 2. The monoisotopic (exact) mass is 263 g/mol. The van der Waals surface area contributed by atoms with Crippen molar-refractivity contribution in [1.82, 2.24) is 9.55 Å². The highest BCUT2D eigenvalue weighted by molar-refractivity contribution is 5.88. The van der Waals surface area contributed by atoms with Crippen molar-refractivity contribution < 1.29 is 4.42 Å². The molecule has 2 N–H and O–H groups in total. The van der Waals surface area contributed by atoms with Crippen molar-refractivity contribution >= 4 is 28.0 Å². The molecule has 2 heterocycles. The van der Waals surface area contributed by atoms with Gasteiger partial charge in [0.05, 0.1) is 0 Å². The van der Waals surface area contributed by atoms with Crippen LogP contribution in [0.1, 0.15) is 0 Å². The van der Waals surface area contributed by atoms with Gasteiger partial charge in [-0.3, -0.25) is 0 Å². The van der Waals surface area contributed by atoms with Gasteiger partial charge in [0, 0.05) is 24.1 Å². The molecule has 0 amide bonds. The Morgan fingerprint density at radius 3 is 2.75 bits per heavy atom. The quantitative estimate of drug-likeness (QED) is 0.571. The number of nitrogens with zero attached hydrogens (tertiary/aromatic N) is 2. The van der Waals surface area contributed by atoms with E-state index in [0.29, 0.717) is 5.58 Å². The second kappa shape index (κ2) is 3.87. The van der Waals surface area contributed by atoms with E-state index >= 15 is 0 Å². The van der Waals surface area contributed by atoms with E-state index in [1.165, 1.54) is 10.9 Å². The van der Waals surface area contributed by atoms with Crippen molar-refractivity contribution in [3.8, 4) is 11.1 Å². The van der Waals surface area contributed by atoms with Crippen LogP contribution in [0, 0.1) is 0 Å². The van der Waals surface area contributed by atoms with Crippen LogP contribution in [-0.2, 0) is 7.05 Å². The number of nitrogens with two attached hydrogens (primary N) is 1. The molecular weight excluding hydrogens is 250 g/mol. The lowest BCUT2D eigenvalue weighted by molar-refractivity contribution is 0.626. The predicted octanol–water partition coefficient (Wildman–Crippen LogP) is 3.57. The SMILES string of the molecule is Cn1ccc2cc(-c3ccc4oc(N)nc4c3)ccc21. The molecule has 0 fully saturated rings. The van der Waals surface area contributed by atoms with E-state index < -0.39 is 0 Å². The van der Waals surface area contributed by atoms with Gasteiger partial charge in [-0.15, -0.1) is 0 Å². The zero-order valence-corrected chi connectivity index (χ0v) is 11.0. The van der Waals surface area contributed by atoms with Crippen molar-refractivity contribution in [2.24, 2.45) is 7.05 Å². The normalized spacial score (nSPS) is 11.4. The summed E-state index contributed by atoms with van der Waals surface area (Å²) in [5.41, 5.74) is 10.6. The van der Waals surface area contributed by atoms with Gasteiger partial charge in [-0.1, -0.05) is 12.1 Å². The van der Waals surface area contributed by atoms with Crippen LogP contribution in [-0.4, -0.2) is 9.55 Å². The molecule has 0 saturated heterocycles. The molecule has 20 heavy (non-hydrogen) atoms. The molecule has 0 unspecified atom stereocenters.